The molecule has 3 rings (SSSR count). The Balaban J connectivity index is 1.84. The monoisotopic (exact) mass is 483 g/mol. The first kappa shape index (κ1) is 23.6. The van der Waals surface area contributed by atoms with Crippen LogP contribution in [0, 0.1) is 5.41 Å². The molecule has 1 aliphatic heterocycles. The number of benzene rings is 1. The molecule has 31 heavy (non-hydrogen) atoms. The molecular weight excluding hydrogens is 463 g/mol. The highest BCUT2D eigenvalue weighted by molar-refractivity contribution is 7.92. The maximum absolute atomic E-state index is 13.1. The molecule has 172 valence electrons. The third kappa shape index (κ3) is 4.62. The molecule has 7 nitrogen and oxygen atoms in total. The molecule has 1 aliphatic carbocycles. The number of carbonyl (C=O) groups excluding carboxylic acids is 1. The maximum Gasteiger partial charge on any atom is 0.425 e. The quantitative estimate of drug-likeness (QED) is 0.666. The predicted octanol–water partition coefficient (Wildman–Crippen LogP) is 3.30. The van der Waals surface area contributed by atoms with Gasteiger partial charge in [0.2, 0.25) is 5.91 Å². The van der Waals surface area contributed by atoms with E-state index in [9.17, 15) is 36.3 Å². The molecule has 1 aromatic rings. The van der Waals surface area contributed by atoms with Gasteiger partial charge in [0, 0.05) is 18.0 Å². The molecule has 0 radical (unpaired) electrons. The molecule has 12 heteroatoms. The lowest BCUT2D eigenvalue weighted by molar-refractivity contribution is -0.189. The van der Waals surface area contributed by atoms with Gasteiger partial charge in [0.25, 0.3) is 0 Å². The Morgan fingerprint density at radius 3 is 2.42 bits per heavy atom. The minimum absolute atomic E-state index is 0.262. The van der Waals surface area contributed by atoms with E-state index in [0.717, 1.165) is 30.0 Å². The van der Waals surface area contributed by atoms with Crippen molar-refractivity contribution in [3.8, 4) is 5.75 Å². The number of carbonyl (C=O) groups is 2. The van der Waals surface area contributed by atoms with Crippen molar-refractivity contribution in [3.63, 3.8) is 0 Å². The molecule has 1 heterocycles. The topological polar surface area (TPSA) is 101 Å². The predicted molar refractivity (Wildman–Crippen MR) is 104 cm³/mol. The van der Waals surface area contributed by atoms with E-state index in [4.69, 9.17) is 16.3 Å². The van der Waals surface area contributed by atoms with Crippen LogP contribution in [0.15, 0.2) is 23.1 Å². The van der Waals surface area contributed by atoms with Crippen molar-refractivity contribution in [3.05, 3.63) is 23.2 Å². The standard InChI is InChI=1S/C19H21ClF3NO6S/c1-10(19(21,22)23)30-11-3-4-15(13(20)7-11)31(28,29)12-8-14(16(25)26)24(9-12)17(27)18(2)5-6-18/h3-4,7,10,12,14H,5-6,8-9H2,1-2H3,(H,25,26)/t10-,12+,14+/m0/s1. The van der Waals surface area contributed by atoms with Crippen LogP contribution in [0.5, 0.6) is 5.75 Å². The van der Waals surface area contributed by atoms with Crippen LogP contribution in [0.25, 0.3) is 0 Å². The first-order valence-corrected chi connectivity index (χ1v) is 11.4. The molecule has 0 aromatic heterocycles. The molecule has 2 fully saturated rings. The minimum Gasteiger partial charge on any atom is -0.481 e. The van der Waals surface area contributed by atoms with Crippen molar-refractivity contribution in [2.45, 2.75) is 61.6 Å². The summed E-state index contributed by atoms with van der Waals surface area (Å²) in [5.41, 5.74) is -0.668. The Morgan fingerprint density at radius 2 is 1.94 bits per heavy atom. The number of halogens is 4. The number of aliphatic carboxylic acids is 1. The van der Waals surface area contributed by atoms with Crippen molar-refractivity contribution >= 4 is 33.3 Å². The van der Waals surface area contributed by atoms with Gasteiger partial charge in [-0.15, -0.1) is 0 Å². The second-order valence-electron chi connectivity index (χ2n) is 8.17. The number of likely N-dealkylation sites (tertiary alicyclic amines) is 1. The Bertz CT molecular complexity index is 1010. The lowest BCUT2D eigenvalue weighted by Crippen LogP contribution is -2.44. The van der Waals surface area contributed by atoms with Crippen LogP contribution in [0.3, 0.4) is 0 Å². The maximum atomic E-state index is 13.1. The fourth-order valence-electron chi connectivity index (χ4n) is 3.46. The number of ether oxygens (including phenoxy) is 1. The number of alkyl halides is 3. The molecule has 2 aliphatic rings. The average Bonchev–Trinajstić information content (AvgIpc) is 3.23. The van der Waals surface area contributed by atoms with Crippen LogP contribution in [-0.4, -0.2) is 60.4 Å². The van der Waals surface area contributed by atoms with Crippen molar-refractivity contribution in [1.29, 1.82) is 0 Å². The molecule has 1 saturated heterocycles. The smallest absolute Gasteiger partial charge is 0.425 e. The Kier molecular flexibility index (Phi) is 5.98. The number of amides is 1. The second kappa shape index (κ2) is 7.84. The van der Waals surface area contributed by atoms with E-state index in [1.54, 1.807) is 6.92 Å². The molecule has 1 saturated carbocycles. The summed E-state index contributed by atoms with van der Waals surface area (Å²) < 4.78 is 69.0. The number of carboxylic acid groups (broad SMARTS) is 1. The molecule has 1 aromatic carbocycles. The first-order valence-electron chi connectivity index (χ1n) is 9.47. The molecule has 1 N–H and O–H groups in total. The molecule has 1 amide bonds. The summed E-state index contributed by atoms with van der Waals surface area (Å²) in [7, 11) is -4.17. The number of nitrogens with zero attached hydrogens (tertiary/aromatic N) is 1. The summed E-state index contributed by atoms with van der Waals surface area (Å²) in [6.45, 7) is 2.20. The summed E-state index contributed by atoms with van der Waals surface area (Å²) in [6, 6.07) is 1.77. The van der Waals surface area contributed by atoms with Gasteiger partial charge in [0.1, 0.15) is 11.8 Å². The van der Waals surface area contributed by atoms with Crippen LogP contribution < -0.4 is 4.74 Å². The van der Waals surface area contributed by atoms with E-state index >= 15 is 0 Å². The normalized spacial score (nSPS) is 24.0. The summed E-state index contributed by atoms with van der Waals surface area (Å²) in [5.74, 6) is -1.96. The van der Waals surface area contributed by atoms with Crippen LogP contribution in [0.1, 0.15) is 33.1 Å². The van der Waals surface area contributed by atoms with Gasteiger partial charge in [0.05, 0.1) is 15.2 Å². The summed E-state index contributed by atoms with van der Waals surface area (Å²) in [4.78, 5) is 25.1. The van der Waals surface area contributed by atoms with Crippen LogP contribution in [0.4, 0.5) is 13.2 Å². The number of rotatable bonds is 6. The zero-order valence-corrected chi connectivity index (χ0v) is 18.2. The van der Waals surface area contributed by atoms with Crippen molar-refractivity contribution < 1.29 is 41.0 Å². The number of hydrogen-bond donors (Lipinski definition) is 1. The zero-order chi connectivity index (χ0) is 23.4. The van der Waals surface area contributed by atoms with Crippen LogP contribution in [0.2, 0.25) is 5.02 Å². The zero-order valence-electron chi connectivity index (χ0n) is 16.6. The summed E-state index contributed by atoms with van der Waals surface area (Å²) >= 11 is 6.03. The number of hydrogen-bond acceptors (Lipinski definition) is 5. The Morgan fingerprint density at radius 1 is 1.32 bits per heavy atom. The highest BCUT2D eigenvalue weighted by atomic mass is 35.5. The van der Waals surface area contributed by atoms with Crippen LogP contribution >= 0.6 is 11.6 Å². The Labute approximate surface area is 182 Å². The van der Waals surface area contributed by atoms with Crippen molar-refractivity contribution in [2.75, 3.05) is 6.54 Å². The molecule has 0 unspecified atom stereocenters. The van der Waals surface area contributed by atoms with Gasteiger partial charge in [0.15, 0.2) is 15.9 Å². The van der Waals surface area contributed by atoms with Gasteiger partial charge < -0.3 is 14.7 Å². The number of carboxylic acids is 1. The van der Waals surface area contributed by atoms with E-state index < -0.39 is 50.7 Å². The van der Waals surface area contributed by atoms with E-state index in [0.29, 0.717) is 12.8 Å². The third-order valence-electron chi connectivity index (χ3n) is 5.75. The molecular formula is C19H21ClF3NO6S. The largest absolute Gasteiger partial charge is 0.481 e. The van der Waals surface area contributed by atoms with Gasteiger partial charge in [-0.1, -0.05) is 18.5 Å². The van der Waals surface area contributed by atoms with Crippen molar-refractivity contribution in [1.82, 2.24) is 4.90 Å². The van der Waals surface area contributed by atoms with Gasteiger partial charge in [-0.05, 0) is 38.3 Å². The average molecular weight is 484 g/mol. The van der Waals surface area contributed by atoms with Gasteiger partial charge in [-0.2, -0.15) is 13.2 Å². The summed E-state index contributed by atoms with van der Waals surface area (Å²) in [5, 5.41) is 7.93. The van der Waals surface area contributed by atoms with Crippen LogP contribution in [-0.2, 0) is 19.4 Å². The second-order valence-corrected chi connectivity index (χ2v) is 10.8. The van der Waals surface area contributed by atoms with Gasteiger partial charge >= 0.3 is 12.1 Å². The molecule has 0 bridgehead atoms. The van der Waals surface area contributed by atoms with E-state index in [2.05, 4.69) is 0 Å². The molecule has 0 spiro atoms. The summed E-state index contributed by atoms with van der Waals surface area (Å²) in [6.07, 6.45) is -5.83. The third-order valence-corrected chi connectivity index (χ3v) is 8.36. The minimum atomic E-state index is -4.61. The SMILES string of the molecule is C[C@H](Oc1ccc(S(=O)(=O)[C@@H]2C[C@H](C(=O)O)N(C(=O)C3(C)CC3)C2)c(Cl)c1)C(F)(F)F. The van der Waals surface area contributed by atoms with E-state index in [1.807, 2.05) is 0 Å². The first-order chi connectivity index (χ1) is 14.2. The highest BCUT2D eigenvalue weighted by Crippen LogP contribution is 2.48. The number of sulfone groups is 1. The fraction of sp³-hybridized carbons (Fsp3) is 0.579. The fourth-order valence-corrected chi connectivity index (χ4v) is 5.70. The lowest BCUT2D eigenvalue weighted by atomic mass is 10.1. The van der Waals surface area contributed by atoms with Crippen molar-refractivity contribution in [2.24, 2.45) is 5.41 Å². The van der Waals surface area contributed by atoms with E-state index in [-0.39, 0.29) is 28.6 Å². The Hall–Kier alpha value is -2.01. The molecule has 3 atom stereocenters. The lowest BCUT2D eigenvalue weighted by Gasteiger charge is -2.24. The van der Waals surface area contributed by atoms with Gasteiger partial charge in [-0.25, -0.2) is 13.2 Å². The van der Waals surface area contributed by atoms with Gasteiger partial charge in [-0.3, -0.25) is 4.79 Å². The highest BCUT2D eigenvalue weighted by Gasteiger charge is 2.53. The van der Waals surface area contributed by atoms with E-state index in [1.165, 1.54) is 0 Å².